The molecule has 0 bridgehead atoms. The van der Waals surface area contributed by atoms with Crippen molar-refractivity contribution in [3.05, 3.63) is 0 Å². The summed E-state index contributed by atoms with van der Waals surface area (Å²) >= 11 is 9.38. The molecule has 0 atom stereocenters. The molecule has 1 saturated heterocycles. The van der Waals surface area contributed by atoms with Crippen LogP contribution in [0.4, 0.5) is 0 Å². The van der Waals surface area contributed by atoms with E-state index in [1.54, 1.807) is 0 Å². The first-order chi connectivity index (χ1) is 3.21. The molecule has 0 spiro atoms. The van der Waals surface area contributed by atoms with Crippen molar-refractivity contribution in [2.75, 3.05) is 13.2 Å². The Morgan fingerprint density at radius 1 is 1.43 bits per heavy atom. The monoisotopic (exact) mass is 155 g/mol. The number of rotatable bonds is 0. The predicted octanol–water partition coefficient (Wildman–Crippen LogP) is 0.805. The smallest absolute Gasteiger partial charge is 0.0761 e. The van der Waals surface area contributed by atoms with Crippen LogP contribution in [0, 0.1) is 0 Å². The molecule has 0 unspecified atom stereocenters. The zero-order valence-electron chi connectivity index (χ0n) is 3.49. The van der Waals surface area contributed by atoms with Crippen molar-refractivity contribution in [1.29, 1.82) is 0 Å². The van der Waals surface area contributed by atoms with Crippen LogP contribution in [-0.4, -0.2) is 13.2 Å². The highest BCUT2D eigenvalue weighted by molar-refractivity contribution is 8.51. The second-order valence-corrected chi connectivity index (χ2v) is 6.10. The summed E-state index contributed by atoms with van der Waals surface area (Å²) < 4.78 is 9.72. The highest BCUT2D eigenvalue weighted by atomic mass is 32.9. The quantitative estimate of drug-likeness (QED) is 0.380. The summed E-state index contributed by atoms with van der Waals surface area (Å²) in [5.41, 5.74) is -2.13. The van der Waals surface area contributed by atoms with E-state index >= 15 is 0 Å². The fourth-order valence-corrected chi connectivity index (χ4v) is 1.90. The summed E-state index contributed by atoms with van der Waals surface area (Å²) in [6.07, 6.45) is 0. The minimum absolute atomic E-state index is 0.584. The number of hydrogen-bond acceptors (Lipinski definition) is 4. The van der Waals surface area contributed by atoms with Crippen molar-refractivity contribution in [2.45, 2.75) is 0 Å². The first-order valence-electron chi connectivity index (χ1n) is 1.81. The van der Waals surface area contributed by atoms with Crippen molar-refractivity contribution in [3.8, 4) is 0 Å². The van der Waals surface area contributed by atoms with Crippen LogP contribution in [0.25, 0.3) is 0 Å². The Kier molecular flexibility index (Phi) is 1.76. The van der Waals surface area contributed by atoms with E-state index in [4.69, 9.17) is 9.05 Å². The Hall–Kier alpha value is 0.920. The maximum absolute atomic E-state index is 4.86. The summed E-state index contributed by atoms with van der Waals surface area (Å²) in [4.78, 5) is 0. The van der Waals surface area contributed by atoms with Crippen LogP contribution in [0.1, 0.15) is 0 Å². The minimum Gasteiger partial charge on any atom is -0.691 e. The number of hydrogen-bond donors (Lipinski definition) is 0. The molecule has 0 aromatic carbocycles. The summed E-state index contributed by atoms with van der Waals surface area (Å²) in [6.45, 7) is 1.17. The largest absolute Gasteiger partial charge is 0.691 e. The van der Waals surface area contributed by atoms with Gasteiger partial charge in [0.1, 0.15) is 0 Å². The van der Waals surface area contributed by atoms with Crippen LogP contribution in [0.5, 0.6) is 0 Å². The molecule has 2 nitrogen and oxygen atoms in total. The molecule has 1 rings (SSSR count). The van der Waals surface area contributed by atoms with Gasteiger partial charge in [-0.25, -0.2) is 0 Å². The van der Waals surface area contributed by atoms with E-state index in [0.29, 0.717) is 13.2 Å². The highest BCUT2D eigenvalue weighted by Crippen LogP contribution is 2.49. The predicted molar refractivity (Wildman–Crippen MR) is 33.6 cm³/mol. The van der Waals surface area contributed by atoms with Gasteiger partial charge in [-0.3, -0.25) is 0 Å². The van der Waals surface area contributed by atoms with Gasteiger partial charge in [-0.2, -0.15) is 0 Å². The average molecular weight is 155 g/mol. The normalized spacial score (nSPS) is 28.1. The lowest BCUT2D eigenvalue weighted by Crippen LogP contribution is -1.79. The van der Waals surface area contributed by atoms with E-state index in [1.165, 1.54) is 0 Å². The Morgan fingerprint density at radius 3 is 2.00 bits per heavy atom. The molecule has 1 heterocycles. The van der Waals surface area contributed by atoms with Gasteiger partial charge >= 0.3 is 0 Å². The van der Waals surface area contributed by atoms with Gasteiger partial charge in [0, 0.05) is 0 Å². The molecule has 0 aromatic heterocycles. The van der Waals surface area contributed by atoms with Gasteiger partial charge in [0.25, 0.3) is 0 Å². The van der Waals surface area contributed by atoms with E-state index in [9.17, 15) is 0 Å². The molecular formula is C2H4O2PS2-. The SMILES string of the molecule is S=P1([S-])OCCO1. The van der Waals surface area contributed by atoms with Crippen LogP contribution in [0.2, 0.25) is 0 Å². The maximum atomic E-state index is 4.86. The standard InChI is InChI=1S/C2H5O2PS2/c6-5(7)3-1-2-4-5/h1-2H2,(H,6,7)/p-1. The molecule has 7 heavy (non-hydrogen) atoms. The lowest BCUT2D eigenvalue weighted by atomic mass is 10.8. The summed E-state index contributed by atoms with van der Waals surface area (Å²) in [5, 5.41) is 0. The zero-order valence-corrected chi connectivity index (χ0v) is 6.02. The highest BCUT2D eigenvalue weighted by Gasteiger charge is 2.07. The maximum Gasteiger partial charge on any atom is 0.0761 e. The molecule has 42 valence electrons. The molecule has 0 N–H and O–H groups in total. The van der Waals surface area contributed by atoms with Crippen LogP contribution in [-0.2, 0) is 33.1 Å². The molecule has 1 aliphatic heterocycles. The fraction of sp³-hybridized carbons (Fsp3) is 1.00. The third-order valence-electron chi connectivity index (χ3n) is 0.582. The summed E-state index contributed by atoms with van der Waals surface area (Å²) in [6, 6.07) is 0. The summed E-state index contributed by atoms with van der Waals surface area (Å²) in [7, 11) is 0. The van der Waals surface area contributed by atoms with E-state index in [2.05, 4.69) is 24.1 Å². The third kappa shape index (κ3) is 1.70. The lowest BCUT2D eigenvalue weighted by Gasteiger charge is -2.17. The van der Waals surface area contributed by atoms with Crippen LogP contribution in [0.15, 0.2) is 0 Å². The van der Waals surface area contributed by atoms with Crippen LogP contribution in [0.3, 0.4) is 0 Å². The van der Waals surface area contributed by atoms with Crippen LogP contribution >= 0.6 is 5.69 Å². The van der Waals surface area contributed by atoms with Gasteiger partial charge < -0.3 is 21.3 Å². The van der Waals surface area contributed by atoms with Gasteiger partial charge in [0.15, 0.2) is 0 Å². The molecule has 1 fully saturated rings. The first-order valence-corrected chi connectivity index (χ1v) is 5.46. The van der Waals surface area contributed by atoms with E-state index in [-0.39, 0.29) is 0 Å². The van der Waals surface area contributed by atoms with Crippen molar-refractivity contribution in [1.82, 2.24) is 0 Å². The van der Waals surface area contributed by atoms with Gasteiger partial charge in [-0.15, -0.1) is 0 Å². The third-order valence-corrected chi connectivity index (χ3v) is 2.84. The molecule has 1 aliphatic rings. The van der Waals surface area contributed by atoms with Gasteiger partial charge in [0.2, 0.25) is 0 Å². The fourth-order valence-electron chi connectivity index (χ4n) is 0.335. The molecule has 0 radical (unpaired) electrons. The molecular weight excluding hydrogens is 151 g/mol. The van der Waals surface area contributed by atoms with Gasteiger partial charge in [-0.05, 0) is 0 Å². The average Bonchev–Trinajstić information content (AvgIpc) is 1.84. The zero-order chi connectivity index (χ0) is 5.33. The van der Waals surface area contributed by atoms with Gasteiger partial charge in [0.05, 0.1) is 18.9 Å². The van der Waals surface area contributed by atoms with Gasteiger partial charge in [-0.1, -0.05) is 11.8 Å². The molecule has 0 amide bonds. The Balaban J connectivity index is 2.57. The molecule has 5 heteroatoms. The molecule has 0 saturated carbocycles. The van der Waals surface area contributed by atoms with E-state index in [0.717, 1.165) is 0 Å². The lowest BCUT2D eigenvalue weighted by molar-refractivity contribution is 0.365. The second-order valence-electron chi connectivity index (χ2n) is 1.11. The van der Waals surface area contributed by atoms with Crippen molar-refractivity contribution in [2.24, 2.45) is 0 Å². The van der Waals surface area contributed by atoms with Crippen LogP contribution < -0.4 is 0 Å². The topological polar surface area (TPSA) is 18.5 Å². The molecule has 0 aliphatic carbocycles. The molecule has 0 aromatic rings. The second kappa shape index (κ2) is 2.03. The Morgan fingerprint density at radius 2 is 1.86 bits per heavy atom. The van der Waals surface area contributed by atoms with Crippen molar-refractivity contribution >= 4 is 29.7 Å². The Labute approximate surface area is 52.5 Å². The summed E-state index contributed by atoms with van der Waals surface area (Å²) in [5.74, 6) is 0. The van der Waals surface area contributed by atoms with Crippen molar-refractivity contribution in [3.63, 3.8) is 0 Å². The minimum atomic E-state index is -2.13. The first kappa shape index (κ1) is 6.05. The van der Waals surface area contributed by atoms with Crippen molar-refractivity contribution < 1.29 is 9.05 Å². The van der Waals surface area contributed by atoms with E-state index in [1.807, 2.05) is 0 Å². The van der Waals surface area contributed by atoms with E-state index < -0.39 is 5.69 Å². The Bertz CT molecular complexity index is 104.